The predicted molar refractivity (Wildman–Crippen MR) is 99.9 cm³/mol. The molecule has 1 aromatic carbocycles. The van der Waals surface area contributed by atoms with Crippen LogP contribution in [0.25, 0.3) is 0 Å². The lowest BCUT2D eigenvalue weighted by Gasteiger charge is -2.33. The number of hydrogen-bond acceptors (Lipinski definition) is 6. The second-order valence-electron chi connectivity index (χ2n) is 6.46. The van der Waals surface area contributed by atoms with Crippen LogP contribution in [-0.4, -0.2) is 43.3 Å². The molecule has 146 valence electrons. The summed E-state index contributed by atoms with van der Waals surface area (Å²) >= 11 is 0. The monoisotopic (exact) mass is 396 g/mol. The number of rotatable bonds is 6. The van der Waals surface area contributed by atoms with Crippen molar-refractivity contribution in [3.63, 3.8) is 0 Å². The number of anilines is 2. The summed E-state index contributed by atoms with van der Waals surface area (Å²) in [5.74, 6) is -2.47. The van der Waals surface area contributed by atoms with Crippen LogP contribution in [0.4, 0.5) is 20.3 Å². The van der Waals surface area contributed by atoms with Gasteiger partial charge < -0.3 is 10.2 Å². The summed E-state index contributed by atoms with van der Waals surface area (Å²) in [6.07, 6.45) is 4.24. The Kier molecular flexibility index (Phi) is 5.88. The van der Waals surface area contributed by atoms with Crippen molar-refractivity contribution in [2.75, 3.05) is 23.3 Å². The third kappa shape index (κ3) is 4.52. The minimum absolute atomic E-state index is 0.228. The third-order valence-corrected chi connectivity index (χ3v) is 6.08. The summed E-state index contributed by atoms with van der Waals surface area (Å²) in [6.45, 7) is 3.74. The molecule has 2 heterocycles. The Hall–Kier alpha value is -2.29. The smallest absolute Gasteiger partial charge is 0.341 e. The number of hydrogen-bond donors (Lipinski definition) is 1. The first kappa shape index (κ1) is 19.5. The Morgan fingerprint density at radius 3 is 2.44 bits per heavy atom. The lowest BCUT2D eigenvalue weighted by molar-refractivity contribution is 0.234. The van der Waals surface area contributed by atoms with Gasteiger partial charge in [-0.2, -0.15) is 8.78 Å². The quantitative estimate of drug-likeness (QED) is 0.809. The van der Waals surface area contributed by atoms with E-state index in [4.69, 9.17) is 0 Å². The minimum atomic E-state index is -4.55. The first-order chi connectivity index (χ1) is 12.9. The van der Waals surface area contributed by atoms with Gasteiger partial charge in [0.1, 0.15) is 12.1 Å². The van der Waals surface area contributed by atoms with Gasteiger partial charge in [-0.15, -0.1) is 0 Å². The van der Waals surface area contributed by atoms with E-state index in [1.807, 2.05) is 6.07 Å². The van der Waals surface area contributed by atoms with E-state index in [1.165, 1.54) is 24.3 Å². The molecule has 2 aromatic rings. The molecule has 0 unspecified atom stereocenters. The molecule has 6 nitrogen and oxygen atoms in total. The van der Waals surface area contributed by atoms with Crippen LogP contribution in [0.3, 0.4) is 0 Å². The van der Waals surface area contributed by atoms with Crippen molar-refractivity contribution < 1.29 is 17.2 Å². The van der Waals surface area contributed by atoms with E-state index in [0.717, 1.165) is 49.6 Å². The lowest BCUT2D eigenvalue weighted by atomic mass is 10.0. The highest BCUT2D eigenvalue weighted by molar-refractivity contribution is 7.91. The van der Waals surface area contributed by atoms with Crippen LogP contribution < -0.4 is 10.2 Å². The summed E-state index contributed by atoms with van der Waals surface area (Å²) in [4.78, 5) is 10.4. The first-order valence-corrected chi connectivity index (χ1v) is 10.4. The van der Waals surface area contributed by atoms with Crippen LogP contribution in [0.1, 0.15) is 25.5 Å². The van der Waals surface area contributed by atoms with Gasteiger partial charge in [-0.05, 0) is 43.5 Å². The van der Waals surface area contributed by atoms with Crippen LogP contribution in [0.5, 0.6) is 0 Å². The van der Waals surface area contributed by atoms with Gasteiger partial charge in [0.2, 0.25) is 9.84 Å². The van der Waals surface area contributed by atoms with Crippen molar-refractivity contribution in [3.05, 3.63) is 42.4 Å². The maximum atomic E-state index is 12.6. The highest BCUT2D eigenvalue weighted by atomic mass is 32.2. The molecule has 1 aliphatic rings. The fraction of sp³-hybridized carbons (Fsp3) is 0.444. The van der Waals surface area contributed by atoms with E-state index < -0.39 is 15.6 Å². The molecule has 0 aliphatic carbocycles. The molecule has 0 atom stereocenters. The predicted octanol–water partition coefficient (Wildman–Crippen LogP) is 3.12. The number of nitrogens with zero attached hydrogens (tertiary/aromatic N) is 3. The first-order valence-electron chi connectivity index (χ1n) is 8.84. The molecule has 0 amide bonds. The Bertz CT molecular complexity index is 867. The Balaban J connectivity index is 1.58. The molecule has 0 saturated carbocycles. The van der Waals surface area contributed by atoms with Crippen molar-refractivity contribution in [1.82, 2.24) is 9.97 Å². The number of halogens is 2. The number of piperidine rings is 1. The zero-order chi connectivity index (χ0) is 19.4. The summed E-state index contributed by atoms with van der Waals surface area (Å²) in [6, 6.07) is 7.72. The summed E-state index contributed by atoms with van der Waals surface area (Å²) in [7, 11) is -4.55. The highest BCUT2D eigenvalue weighted by Crippen LogP contribution is 2.23. The molecule has 1 aromatic heterocycles. The standard InChI is InChI=1S/C18H22F2N4O2S/c1-2-13-11-17(22-12-21-13)24-9-7-15(8-10-24)23-14-3-5-16(6-4-14)27(25,26)18(19)20/h3-6,11-12,15,18,23H,2,7-10H2,1H3. The number of aryl methyl sites for hydroxylation is 1. The van der Waals surface area contributed by atoms with Gasteiger partial charge in [-0.1, -0.05) is 6.92 Å². The average molecular weight is 396 g/mol. The van der Waals surface area contributed by atoms with Crippen molar-refractivity contribution in [2.45, 2.75) is 42.9 Å². The van der Waals surface area contributed by atoms with Crippen LogP contribution in [-0.2, 0) is 16.3 Å². The molecule has 9 heteroatoms. The maximum absolute atomic E-state index is 12.6. The molecule has 1 fully saturated rings. The maximum Gasteiger partial charge on any atom is 0.341 e. The van der Waals surface area contributed by atoms with E-state index >= 15 is 0 Å². The lowest BCUT2D eigenvalue weighted by Crippen LogP contribution is -2.39. The van der Waals surface area contributed by atoms with E-state index in [2.05, 4.69) is 27.1 Å². The number of aromatic nitrogens is 2. The van der Waals surface area contributed by atoms with Crippen molar-refractivity contribution in [1.29, 1.82) is 0 Å². The van der Waals surface area contributed by atoms with Gasteiger partial charge in [-0.3, -0.25) is 0 Å². The third-order valence-electron chi connectivity index (χ3n) is 4.68. The van der Waals surface area contributed by atoms with E-state index in [0.29, 0.717) is 0 Å². The summed E-state index contributed by atoms with van der Waals surface area (Å²) in [5, 5.41) is 3.34. The summed E-state index contributed by atoms with van der Waals surface area (Å²) < 4.78 is 48.1. The van der Waals surface area contributed by atoms with Gasteiger partial charge in [0.05, 0.1) is 4.90 Å². The number of alkyl halides is 2. The molecule has 27 heavy (non-hydrogen) atoms. The average Bonchev–Trinajstić information content (AvgIpc) is 2.69. The van der Waals surface area contributed by atoms with Gasteiger partial charge >= 0.3 is 5.76 Å². The van der Waals surface area contributed by atoms with Crippen molar-refractivity contribution in [3.8, 4) is 0 Å². The zero-order valence-electron chi connectivity index (χ0n) is 15.0. The normalized spacial score (nSPS) is 15.9. The van der Waals surface area contributed by atoms with Crippen molar-refractivity contribution in [2.24, 2.45) is 0 Å². The molecule has 1 N–H and O–H groups in total. The number of sulfone groups is 1. The Morgan fingerprint density at radius 2 is 1.85 bits per heavy atom. The van der Waals surface area contributed by atoms with E-state index in [9.17, 15) is 17.2 Å². The van der Waals surface area contributed by atoms with Crippen LogP contribution in [0.2, 0.25) is 0 Å². The molecular formula is C18H22F2N4O2S. The molecular weight excluding hydrogens is 374 g/mol. The van der Waals surface area contributed by atoms with Crippen LogP contribution in [0.15, 0.2) is 41.6 Å². The number of nitrogens with one attached hydrogen (secondary N) is 1. The van der Waals surface area contributed by atoms with Crippen LogP contribution in [0, 0.1) is 0 Å². The SMILES string of the molecule is CCc1cc(N2CCC(Nc3ccc(S(=O)(=O)C(F)F)cc3)CC2)ncn1. The fourth-order valence-electron chi connectivity index (χ4n) is 3.08. The topological polar surface area (TPSA) is 75.2 Å². The van der Waals surface area contributed by atoms with Crippen LogP contribution >= 0.6 is 0 Å². The second kappa shape index (κ2) is 8.16. The largest absolute Gasteiger partial charge is 0.382 e. The molecule has 1 saturated heterocycles. The fourth-order valence-corrected chi connectivity index (χ4v) is 3.81. The highest BCUT2D eigenvalue weighted by Gasteiger charge is 2.26. The Labute approximate surface area is 157 Å². The van der Waals surface area contributed by atoms with Gasteiger partial charge in [-0.25, -0.2) is 18.4 Å². The molecule has 1 aliphatic heterocycles. The molecule has 0 spiro atoms. The molecule has 0 bridgehead atoms. The molecule has 3 rings (SSSR count). The van der Waals surface area contributed by atoms with Crippen molar-refractivity contribution >= 4 is 21.3 Å². The van der Waals surface area contributed by atoms with E-state index in [1.54, 1.807) is 6.33 Å². The number of benzene rings is 1. The minimum Gasteiger partial charge on any atom is -0.382 e. The molecule has 0 radical (unpaired) electrons. The van der Waals surface area contributed by atoms with Gasteiger partial charge in [0.25, 0.3) is 0 Å². The van der Waals surface area contributed by atoms with Gasteiger partial charge in [0, 0.05) is 36.6 Å². The zero-order valence-corrected chi connectivity index (χ0v) is 15.8. The summed E-state index contributed by atoms with van der Waals surface area (Å²) in [5.41, 5.74) is 1.73. The van der Waals surface area contributed by atoms with Gasteiger partial charge in [0.15, 0.2) is 0 Å². The van der Waals surface area contributed by atoms with E-state index in [-0.39, 0.29) is 10.9 Å². The Morgan fingerprint density at radius 1 is 1.19 bits per heavy atom. The second-order valence-corrected chi connectivity index (χ2v) is 8.37.